The number of pyridine rings is 2. The second-order valence-corrected chi connectivity index (χ2v) is 7.45. The van der Waals surface area contributed by atoms with Gasteiger partial charge in [0.05, 0.1) is 12.3 Å². The lowest BCUT2D eigenvalue weighted by Gasteiger charge is -2.10. The highest BCUT2D eigenvalue weighted by molar-refractivity contribution is 5.84. The number of hydrogen-bond donors (Lipinski definition) is 3. The van der Waals surface area contributed by atoms with Crippen LogP contribution in [0.5, 0.6) is 0 Å². The van der Waals surface area contributed by atoms with Crippen molar-refractivity contribution in [3.05, 3.63) is 90.5 Å². The smallest absolute Gasteiger partial charge is 0.180 e. The van der Waals surface area contributed by atoms with Gasteiger partial charge in [-0.1, -0.05) is 12.1 Å². The van der Waals surface area contributed by atoms with Crippen molar-refractivity contribution in [1.29, 1.82) is 0 Å². The van der Waals surface area contributed by atoms with Gasteiger partial charge in [-0.2, -0.15) is 0 Å². The molecule has 0 saturated carbocycles. The Hall–Kier alpha value is -4.10. The first-order chi connectivity index (χ1) is 15.8. The Kier molecular flexibility index (Phi) is 5.55. The van der Waals surface area contributed by atoms with Gasteiger partial charge in [0.1, 0.15) is 11.5 Å². The standard InChI is InChI=1S/C25H22N6O/c32-16-17-6-7-21-20(12-17)18(15-29-21)8-11-28-24-13-23(19-4-3-9-26-14-19)30-25(31-24)22-5-1-2-10-27-22/h1-7,9-10,12-15,29,32H,8,11,16H2,(H,28,30,31). The molecule has 5 aromatic rings. The van der Waals surface area contributed by atoms with Gasteiger partial charge in [-0.3, -0.25) is 9.97 Å². The number of nitrogens with zero attached hydrogens (tertiary/aromatic N) is 4. The number of fused-ring (bicyclic) bond motifs is 1. The van der Waals surface area contributed by atoms with Crippen molar-refractivity contribution in [3.63, 3.8) is 0 Å². The van der Waals surface area contributed by atoms with Crippen LogP contribution in [0.4, 0.5) is 5.82 Å². The maximum absolute atomic E-state index is 9.44. The summed E-state index contributed by atoms with van der Waals surface area (Å²) in [5.41, 5.74) is 5.58. The molecule has 7 nitrogen and oxygen atoms in total. The molecule has 4 aromatic heterocycles. The maximum Gasteiger partial charge on any atom is 0.180 e. The third-order valence-electron chi connectivity index (χ3n) is 5.29. The Bertz CT molecular complexity index is 1280. The van der Waals surface area contributed by atoms with E-state index < -0.39 is 0 Å². The zero-order valence-electron chi connectivity index (χ0n) is 17.4. The summed E-state index contributed by atoms with van der Waals surface area (Å²) in [7, 11) is 0. The van der Waals surface area contributed by atoms with Crippen LogP contribution in [-0.2, 0) is 13.0 Å². The van der Waals surface area contributed by atoms with E-state index in [1.165, 1.54) is 5.56 Å². The zero-order chi connectivity index (χ0) is 21.8. The molecule has 0 amide bonds. The molecule has 5 rings (SSSR count). The molecule has 0 radical (unpaired) electrons. The SMILES string of the molecule is OCc1ccc2[nH]cc(CCNc3cc(-c4cccnc4)nc(-c4ccccn4)n3)c2c1. The highest BCUT2D eigenvalue weighted by Crippen LogP contribution is 2.24. The summed E-state index contributed by atoms with van der Waals surface area (Å²) in [5, 5.41) is 14.0. The number of H-pyrrole nitrogens is 1. The van der Waals surface area contributed by atoms with Crippen molar-refractivity contribution in [2.75, 3.05) is 11.9 Å². The first-order valence-corrected chi connectivity index (χ1v) is 10.4. The molecule has 7 heteroatoms. The molecule has 0 fully saturated rings. The Labute approximate surface area is 185 Å². The summed E-state index contributed by atoms with van der Waals surface area (Å²) in [4.78, 5) is 21.3. The van der Waals surface area contributed by atoms with Crippen LogP contribution in [-0.4, -0.2) is 36.6 Å². The van der Waals surface area contributed by atoms with Gasteiger partial charge in [0, 0.05) is 53.9 Å². The number of benzene rings is 1. The van der Waals surface area contributed by atoms with Gasteiger partial charge in [0.15, 0.2) is 5.82 Å². The van der Waals surface area contributed by atoms with Crippen LogP contribution in [0.25, 0.3) is 33.7 Å². The van der Waals surface area contributed by atoms with E-state index in [1.54, 1.807) is 18.6 Å². The van der Waals surface area contributed by atoms with Crippen molar-refractivity contribution >= 4 is 16.7 Å². The fraction of sp³-hybridized carbons (Fsp3) is 0.120. The highest BCUT2D eigenvalue weighted by Gasteiger charge is 2.10. The summed E-state index contributed by atoms with van der Waals surface area (Å²) in [5.74, 6) is 1.30. The first kappa shape index (κ1) is 19.8. The van der Waals surface area contributed by atoms with E-state index >= 15 is 0 Å². The fourth-order valence-electron chi connectivity index (χ4n) is 3.67. The molecule has 4 heterocycles. The lowest BCUT2D eigenvalue weighted by Crippen LogP contribution is -2.08. The third kappa shape index (κ3) is 4.19. The Balaban J connectivity index is 1.41. The van der Waals surface area contributed by atoms with E-state index in [1.807, 2.05) is 60.8 Å². The molecule has 0 aliphatic carbocycles. The van der Waals surface area contributed by atoms with Crippen LogP contribution in [0.3, 0.4) is 0 Å². The zero-order valence-corrected chi connectivity index (χ0v) is 17.4. The van der Waals surface area contributed by atoms with E-state index in [0.717, 1.165) is 45.7 Å². The number of aliphatic hydroxyl groups excluding tert-OH is 1. The molecule has 0 atom stereocenters. The van der Waals surface area contributed by atoms with Gasteiger partial charge in [-0.15, -0.1) is 0 Å². The minimum absolute atomic E-state index is 0.0349. The average molecular weight is 422 g/mol. The highest BCUT2D eigenvalue weighted by atomic mass is 16.3. The Morgan fingerprint density at radius 2 is 1.91 bits per heavy atom. The first-order valence-electron chi connectivity index (χ1n) is 10.4. The Morgan fingerprint density at radius 3 is 2.72 bits per heavy atom. The van der Waals surface area contributed by atoms with Gasteiger partial charge < -0.3 is 15.4 Å². The number of anilines is 1. The van der Waals surface area contributed by atoms with E-state index in [4.69, 9.17) is 9.97 Å². The van der Waals surface area contributed by atoms with Crippen LogP contribution in [0.15, 0.2) is 79.4 Å². The number of nitrogens with one attached hydrogen (secondary N) is 2. The summed E-state index contributed by atoms with van der Waals surface area (Å²) >= 11 is 0. The maximum atomic E-state index is 9.44. The number of aromatic amines is 1. The molecule has 1 aromatic carbocycles. The topological polar surface area (TPSA) is 99.6 Å². The van der Waals surface area contributed by atoms with Crippen molar-refractivity contribution in [2.24, 2.45) is 0 Å². The van der Waals surface area contributed by atoms with Crippen LogP contribution >= 0.6 is 0 Å². The summed E-state index contributed by atoms with van der Waals surface area (Å²) in [6, 6.07) is 17.5. The number of aliphatic hydroxyl groups is 1. The molecule has 0 unspecified atom stereocenters. The molecule has 32 heavy (non-hydrogen) atoms. The van der Waals surface area contributed by atoms with Crippen molar-refractivity contribution < 1.29 is 5.11 Å². The summed E-state index contributed by atoms with van der Waals surface area (Å²) in [6.07, 6.45) is 8.10. The molecule has 0 spiro atoms. The number of aromatic nitrogens is 5. The van der Waals surface area contributed by atoms with E-state index in [0.29, 0.717) is 12.4 Å². The predicted octanol–water partition coefficient (Wildman–Crippen LogP) is 4.23. The second-order valence-electron chi connectivity index (χ2n) is 7.45. The average Bonchev–Trinajstić information content (AvgIpc) is 3.27. The normalized spacial score (nSPS) is 11.0. The molecule has 0 saturated heterocycles. The van der Waals surface area contributed by atoms with Crippen LogP contribution in [0.1, 0.15) is 11.1 Å². The monoisotopic (exact) mass is 422 g/mol. The van der Waals surface area contributed by atoms with Crippen LogP contribution in [0.2, 0.25) is 0 Å². The predicted molar refractivity (Wildman–Crippen MR) is 125 cm³/mol. The van der Waals surface area contributed by atoms with E-state index in [9.17, 15) is 5.11 Å². The molecule has 3 N–H and O–H groups in total. The van der Waals surface area contributed by atoms with Crippen molar-refractivity contribution in [1.82, 2.24) is 24.9 Å². The molecule has 0 aliphatic rings. The van der Waals surface area contributed by atoms with Crippen LogP contribution in [0, 0.1) is 0 Å². The minimum atomic E-state index is 0.0349. The Morgan fingerprint density at radius 1 is 0.938 bits per heavy atom. The molecule has 0 bridgehead atoms. The third-order valence-corrected chi connectivity index (χ3v) is 5.29. The van der Waals surface area contributed by atoms with Gasteiger partial charge in [-0.05, 0) is 53.9 Å². The number of hydrogen-bond acceptors (Lipinski definition) is 6. The fourth-order valence-corrected chi connectivity index (χ4v) is 3.67. The van der Waals surface area contributed by atoms with Gasteiger partial charge in [0.25, 0.3) is 0 Å². The second kappa shape index (κ2) is 8.95. The number of rotatable bonds is 7. The van der Waals surface area contributed by atoms with Crippen LogP contribution < -0.4 is 5.32 Å². The van der Waals surface area contributed by atoms with Crippen molar-refractivity contribution in [3.8, 4) is 22.8 Å². The van der Waals surface area contributed by atoms with Gasteiger partial charge in [-0.25, -0.2) is 9.97 Å². The molecule has 0 aliphatic heterocycles. The summed E-state index contributed by atoms with van der Waals surface area (Å²) < 4.78 is 0. The summed E-state index contributed by atoms with van der Waals surface area (Å²) in [6.45, 7) is 0.731. The van der Waals surface area contributed by atoms with Gasteiger partial charge >= 0.3 is 0 Å². The lowest BCUT2D eigenvalue weighted by atomic mass is 10.1. The van der Waals surface area contributed by atoms with E-state index in [2.05, 4.69) is 20.3 Å². The largest absolute Gasteiger partial charge is 0.392 e. The molecular weight excluding hydrogens is 400 g/mol. The molecular formula is C25H22N6O. The quantitative estimate of drug-likeness (QED) is 0.363. The lowest BCUT2D eigenvalue weighted by molar-refractivity contribution is 0.282. The van der Waals surface area contributed by atoms with Gasteiger partial charge in [0.2, 0.25) is 0 Å². The van der Waals surface area contributed by atoms with E-state index in [-0.39, 0.29) is 6.61 Å². The van der Waals surface area contributed by atoms with Crippen molar-refractivity contribution in [2.45, 2.75) is 13.0 Å². The minimum Gasteiger partial charge on any atom is -0.392 e. The molecule has 158 valence electrons.